The van der Waals surface area contributed by atoms with Crippen molar-refractivity contribution in [1.82, 2.24) is 10.2 Å². The molecule has 5 nitrogen and oxygen atoms in total. The first-order valence-electron chi connectivity index (χ1n) is 5.97. The van der Waals surface area contributed by atoms with Gasteiger partial charge in [0, 0.05) is 0 Å². The van der Waals surface area contributed by atoms with Gasteiger partial charge < -0.3 is 4.74 Å². The second-order valence-corrected chi connectivity index (χ2v) is 4.16. The zero-order chi connectivity index (χ0) is 14.5. The molecular weight excluding hydrogens is 254 g/mol. The number of hydrogen-bond acceptors (Lipinski definition) is 4. The molecule has 1 aromatic heterocycles. The van der Waals surface area contributed by atoms with E-state index in [4.69, 9.17) is 10.00 Å². The molecule has 2 aromatic rings. The molecule has 0 bridgehead atoms. The summed E-state index contributed by atoms with van der Waals surface area (Å²) in [6.07, 6.45) is 3.61. The van der Waals surface area contributed by atoms with Crippen LogP contribution in [0.15, 0.2) is 29.1 Å². The Morgan fingerprint density at radius 1 is 1.30 bits per heavy atom. The minimum atomic E-state index is -0.466. The number of hydrogen-bond donors (Lipinski definition) is 1. The fourth-order valence-corrected chi connectivity index (χ4v) is 1.74. The average Bonchev–Trinajstić information content (AvgIpc) is 2.47. The van der Waals surface area contributed by atoms with E-state index in [0.29, 0.717) is 11.3 Å². The smallest absolute Gasteiger partial charge is 0.282 e. The summed E-state index contributed by atoms with van der Waals surface area (Å²) in [4.78, 5) is 11.4. The molecule has 0 radical (unpaired) electrons. The van der Waals surface area contributed by atoms with Gasteiger partial charge in [-0.3, -0.25) is 4.79 Å². The lowest BCUT2D eigenvalue weighted by Gasteiger charge is -2.01. The molecule has 5 heteroatoms. The Bertz CT molecular complexity index is 737. The Kier molecular flexibility index (Phi) is 3.96. The Morgan fingerprint density at radius 3 is 2.60 bits per heavy atom. The van der Waals surface area contributed by atoms with E-state index in [-0.39, 0.29) is 5.56 Å². The first-order valence-corrected chi connectivity index (χ1v) is 5.97. The van der Waals surface area contributed by atoms with Crippen LogP contribution in [0.5, 0.6) is 5.75 Å². The monoisotopic (exact) mass is 267 g/mol. The fourth-order valence-electron chi connectivity index (χ4n) is 1.74. The lowest BCUT2D eigenvalue weighted by molar-refractivity contribution is 0.415. The summed E-state index contributed by atoms with van der Waals surface area (Å²) < 4.78 is 5.08. The predicted molar refractivity (Wildman–Crippen MR) is 76.2 cm³/mol. The number of rotatable bonds is 3. The molecule has 1 heterocycles. The van der Waals surface area contributed by atoms with Crippen LogP contribution in [0, 0.1) is 18.3 Å². The van der Waals surface area contributed by atoms with Crippen LogP contribution in [-0.4, -0.2) is 17.3 Å². The van der Waals surface area contributed by atoms with E-state index in [1.165, 1.54) is 0 Å². The molecule has 20 heavy (non-hydrogen) atoms. The third-order valence-electron chi connectivity index (χ3n) is 2.93. The van der Waals surface area contributed by atoms with Crippen molar-refractivity contribution in [3.63, 3.8) is 0 Å². The Balaban J connectivity index is 2.32. The quantitative estimate of drug-likeness (QED) is 0.923. The Labute approximate surface area is 116 Å². The molecule has 0 aliphatic heterocycles. The van der Waals surface area contributed by atoms with Gasteiger partial charge in [0.1, 0.15) is 17.4 Å². The van der Waals surface area contributed by atoms with Gasteiger partial charge >= 0.3 is 0 Å². The maximum Gasteiger partial charge on any atom is 0.282 e. The molecule has 1 aromatic carbocycles. The lowest BCUT2D eigenvalue weighted by atomic mass is 10.1. The molecule has 0 saturated carbocycles. The van der Waals surface area contributed by atoms with Crippen LogP contribution in [-0.2, 0) is 0 Å². The number of aromatic amines is 1. The number of nitriles is 1. The van der Waals surface area contributed by atoms with E-state index in [2.05, 4.69) is 10.2 Å². The Morgan fingerprint density at radius 2 is 2.00 bits per heavy atom. The molecule has 100 valence electrons. The summed E-state index contributed by atoms with van der Waals surface area (Å²) in [6.45, 7) is 1.70. The van der Waals surface area contributed by atoms with Gasteiger partial charge in [0.15, 0.2) is 0 Å². The van der Waals surface area contributed by atoms with E-state index < -0.39 is 5.56 Å². The second-order valence-electron chi connectivity index (χ2n) is 4.16. The van der Waals surface area contributed by atoms with E-state index >= 15 is 0 Å². The number of aromatic nitrogens is 2. The molecule has 2 rings (SSSR count). The summed E-state index contributed by atoms with van der Waals surface area (Å²) in [7, 11) is 1.61. The summed E-state index contributed by atoms with van der Waals surface area (Å²) in [5.74, 6) is 0.785. The maximum atomic E-state index is 11.4. The number of ether oxygens (including phenoxy) is 1. The largest absolute Gasteiger partial charge is 0.497 e. The highest BCUT2D eigenvalue weighted by atomic mass is 16.5. The van der Waals surface area contributed by atoms with Gasteiger partial charge in [-0.1, -0.05) is 18.2 Å². The van der Waals surface area contributed by atoms with Crippen LogP contribution in [0.4, 0.5) is 0 Å². The van der Waals surface area contributed by atoms with Crippen molar-refractivity contribution in [2.45, 2.75) is 6.92 Å². The third kappa shape index (κ3) is 2.75. The van der Waals surface area contributed by atoms with Crippen molar-refractivity contribution in [1.29, 1.82) is 5.26 Å². The zero-order valence-electron chi connectivity index (χ0n) is 11.2. The van der Waals surface area contributed by atoms with E-state index in [1.54, 1.807) is 20.1 Å². The van der Waals surface area contributed by atoms with E-state index in [1.807, 2.05) is 36.4 Å². The normalized spacial score (nSPS) is 10.4. The van der Waals surface area contributed by atoms with Crippen LogP contribution < -0.4 is 10.3 Å². The standard InChI is InChI=1S/C15H13N3O2/c1-10-13(9-16)15(19)18-17-14(10)8-5-11-3-6-12(20-2)7-4-11/h3-8H,1-2H3,(H,18,19). The van der Waals surface area contributed by atoms with Crippen LogP contribution in [0.2, 0.25) is 0 Å². The molecule has 0 amide bonds. The van der Waals surface area contributed by atoms with Gasteiger partial charge in [-0.2, -0.15) is 10.4 Å². The van der Waals surface area contributed by atoms with Crippen LogP contribution in [0.1, 0.15) is 22.4 Å². The molecule has 1 N–H and O–H groups in total. The number of benzene rings is 1. The lowest BCUT2D eigenvalue weighted by Crippen LogP contribution is -2.15. The van der Waals surface area contributed by atoms with Gasteiger partial charge in [-0.05, 0) is 36.3 Å². The van der Waals surface area contributed by atoms with Gasteiger partial charge in [0.05, 0.1) is 12.8 Å². The van der Waals surface area contributed by atoms with Gasteiger partial charge in [0.2, 0.25) is 0 Å². The van der Waals surface area contributed by atoms with Crippen LogP contribution in [0.25, 0.3) is 12.2 Å². The fraction of sp³-hybridized carbons (Fsp3) is 0.133. The first kappa shape index (κ1) is 13.6. The molecule has 0 saturated heterocycles. The highest BCUT2D eigenvalue weighted by Crippen LogP contribution is 2.14. The van der Waals surface area contributed by atoms with Gasteiger partial charge in [0.25, 0.3) is 5.56 Å². The molecule has 0 spiro atoms. The number of H-pyrrole nitrogens is 1. The summed E-state index contributed by atoms with van der Waals surface area (Å²) in [5, 5.41) is 15.2. The number of nitrogens with one attached hydrogen (secondary N) is 1. The molecule has 0 atom stereocenters. The zero-order valence-corrected chi connectivity index (χ0v) is 11.2. The summed E-state index contributed by atoms with van der Waals surface area (Å²) in [6, 6.07) is 9.40. The number of methoxy groups -OCH3 is 1. The predicted octanol–water partition coefficient (Wildman–Crippen LogP) is 2.13. The molecular formula is C15H13N3O2. The summed E-state index contributed by atoms with van der Waals surface area (Å²) >= 11 is 0. The second kappa shape index (κ2) is 5.85. The maximum absolute atomic E-state index is 11.4. The van der Waals surface area contributed by atoms with E-state index in [0.717, 1.165) is 11.3 Å². The van der Waals surface area contributed by atoms with Crippen molar-refractivity contribution in [3.8, 4) is 11.8 Å². The van der Waals surface area contributed by atoms with Crippen molar-refractivity contribution >= 4 is 12.2 Å². The van der Waals surface area contributed by atoms with Crippen LogP contribution in [0.3, 0.4) is 0 Å². The van der Waals surface area contributed by atoms with Crippen LogP contribution >= 0.6 is 0 Å². The van der Waals surface area contributed by atoms with Crippen molar-refractivity contribution in [2.75, 3.05) is 7.11 Å². The molecule has 0 unspecified atom stereocenters. The van der Waals surface area contributed by atoms with Gasteiger partial charge in [-0.25, -0.2) is 5.10 Å². The SMILES string of the molecule is COc1ccc(C=Cc2n[nH]c(=O)c(C#N)c2C)cc1. The third-order valence-corrected chi connectivity index (χ3v) is 2.93. The topological polar surface area (TPSA) is 78.8 Å². The van der Waals surface area contributed by atoms with Crippen molar-refractivity contribution in [2.24, 2.45) is 0 Å². The van der Waals surface area contributed by atoms with Crippen molar-refractivity contribution < 1.29 is 4.74 Å². The molecule has 0 aliphatic carbocycles. The molecule has 0 aliphatic rings. The minimum Gasteiger partial charge on any atom is -0.497 e. The highest BCUT2D eigenvalue weighted by molar-refractivity contribution is 5.70. The average molecular weight is 267 g/mol. The van der Waals surface area contributed by atoms with E-state index in [9.17, 15) is 4.79 Å². The Hall–Kier alpha value is -2.87. The van der Waals surface area contributed by atoms with Crippen molar-refractivity contribution in [3.05, 3.63) is 57.0 Å². The highest BCUT2D eigenvalue weighted by Gasteiger charge is 2.07. The van der Waals surface area contributed by atoms with Gasteiger partial charge in [-0.15, -0.1) is 0 Å². The minimum absolute atomic E-state index is 0.0920. The number of nitrogens with zero attached hydrogens (tertiary/aromatic N) is 2. The summed E-state index contributed by atoms with van der Waals surface area (Å²) in [5.41, 5.74) is 1.73. The molecule has 0 fully saturated rings. The first-order chi connectivity index (χ1) is 9.65.